The number of hydrogen-bond donors (Lipinski definition) is 2. The smallest absolute Gasteiger partial charge is 0.224 e. The van der Waals surface area contributed by atoms with Crippen LogP contribution in [-0.4, -0.2) is 47.6 Å². The summed E-state index contributed by atoms with van der Waals surface area (Å²) in [6.07, 6.45) is 5.47. The number of amides is 2. The van der Waals surface area contributed by atoms with Crippen molar-refractivity contribution >= 4 is 11.8 Å². The summed E-state index contributed by atoms with van der Waals surface area (Å²) in [4.78, 5) is 25.0. The SMILES string of the molecule is O=C(NCCC(=O)N1CC(O)C1)C1CCCCC1. The van der Waals surface area contributed by atoms with Crippen LogP contribution in [0.2, 0.25) is 0 Å². The van der Waals surface area contributed by atoms with Crippen LogP contribution in [-0.2, 0) is 9.59 Å². The second kappa shape index (κ2) is 6.18. The molecule has 0 aromatic heterocycles. The van der Waals surface area contributed by atoms with Gasteiger partial charge in [-0.3, -0.25) is 9.59 Å². The van der Waals surface area contributed by atoms with Gasteiger partial charge in [-0.05, 0) is 12.8 Å². The van der Waals surface area contributed by atoms with Crippen LogP contribution in [0.4, 0.5) is 0 Å². The van der Waals surface area contributed by atoms with Crippen LogP contribution >= 0.6 is 0 Å². The zero-order valence-electron chi connectivity index (χ0n) is 10.7. The molecule has 1 aliphatic carbocycles. The maximum absolute atomic E-state index is 11.8. The van der Waals surface area contributed by atoms with Gasteiger partial charge >= 0.3 is 0 Å². The monoisotopic (exact) mass is 254 g/mol. The molecule has 0 bridgehead atoms. The molecule has 5 heteroatoms. The number of carbonyl (C=O) groups is 2. The first kappa shape index (κ1) is 13.3. The van der Waals surface area contributed by atoms with E-state index in [1.165, 1.54) is 6.42 Å². The van der Waals surface area contributed by atoms with Gasteiger partial charge in [-0.25, -0.2) is 0 Å². The number of carbonyl (C=O) groups excluding carboxylic acids is 2. The molecule has 1 saturated carbocycles. The Labute approximate surface area is 108 Å². The molecular formula is C13H22N2O3. The maximum Gasteiger partial charge on any atom is 0.224 e. The summed E-state index contributed by atoms with van der Waals surface area (Å²) in [7, 11) is 0. The van der Waals surface area contributed by atoms with Crippen molar-refractivity contribution in [1.29, 1.82) is 0 Å². The Kier molecular flexibility index (Phi) is 4.58. The lowest BCUT2D eigenvalue weighted by atomic mass is 9.89. The van der Waals surface area contributed by atoms with E-state index in [4.69, 9.17) is 5.11 Å². The minimum absolute atomic E-state index is 0.0178. The van der Waals surface area contributed by atoms with Crippen LogP contribution in [0.1, 0.15) is 38.5 Å². The molecule has 0 aromatic carbocycles. The summed E-state index contributed by atoms with van der Waals surface area (Å²) in [6, 6.07) is 0. The second-order valence-electron chi connectivity index (χ2n) is 5.33. The molecule has 2 rings (SSSR count). The predicted molar refractivity (Wildman–Crippen MR) is 66.8 cm³/mol. The Hall–Kier alpha value is -1.10. The number of hydrogen-bond acceptors (Lipinski definition) is 3. The molecule has 5 nitrogen and oxygen atoms in total. The molecule has 0 aromatic rings. The lowest BCUT2D eigenvalue weighted by Gasteiger charge is -2.36. The fraction of sp³-hybridized carbons (Fsp3) is 0.846. The Bertz CT molecular complexity index is 307. The number of aliphatic hydroxyl groups excluding tert-OH is 1. The van der Waals surface area contributed by atoms with Crippen molar-refractivity contribution in [3.05, 3.63) is 0 Å². The molecule has 2 amide bonds. The van der Waals surface area contributed by atoms with E-state index in [1.54, 1.807) is 4.90 Å². The zero-order chi connectivity index (χ0) is 13.0. The first-order chi connectivity index (χ1) is 8.66. The van der Waals surface area contributed by atoms with Crippen LogP contribution in [0.15, 0.2) is 0 Å². The maximum atomic E-state index is 11.8. The van der Waals surface area contributed by atoms with Gasteiger partial charge in [0, 0.05) is 32.0 Å². The minimum Gasteiger partial charge on any atom is -0.389 e. The summed E-state index contributed by atoms with van der Waals surface area (Å²) in [5, 5.41) is 11.9. The highest BCUT2D eigenvalue weighted by Crippen LogP contribution is 2.23. The molecule has 2 aliphatic rings. The van der Waals surface area contributed by atoms with E-state index >= 15 is 0 Å². The van der Waals surface area contributed by atoms with Crippen molar-refractivity contribution in [3.63, 3.8) is 0 Å². The third kappa shape index (κ3) is 3.45. The molecule has 0 spiro atoms. The van der Waals surface area contributed by atoms with Crippen LogP contribution < -0.4 is 5.32 Å². The van der Waals surface area contributed by atoms with E-state index in [1.807, 2.05) is 0 Å². The zero-order valence-corrected chi connectivity index (χ0v) is 10.7. The van der Waals surface area contributed by atoms with Gasteiger partial charge in [0.15, 0.2) is 0 Å². The van der Waals surface area contributed by atoms with E-state index < -0.39 is 0 Å². The fourth-order valence-electron chi connectivity index (χ4n) is 2.62. The quantitative estimate of drug-likeness (QED) is 0.757. The number of β-amino-alcohol motifs (C(OH)–C–C–N with tert-alkyl or cyclic N) is 1. The lowest BCUT2D eigenvalue weighted by molar-refractivity contribution is -0.141. The highest BCUT2D eigenvalue weighted by molar-refractivity contribution is 5.80. The summed E-state index contributed by atoms with van der Waals surface area (Å²) >= 11 is 0. The van der Waals surface area contributed by atoms with Crippen LogP contribution in [0.5, 0.6) is 0 Å². The van der Waals surface area contributed by atoms with Crippen molar-refractivity contribution < 1.29 is 14.7 Å². The summed E-state index contributed by atoms with van der Waals surface area (Å²) in [5.74, 6) is 0.273. The number of aliphatic hydroxyl groups is 1. The first-order valence-corrected chi connectivity index (χ1v) is 6.90. The van der Waals surface area contributed by atoms with Crippen molar-refractivity contribution in [3.8, 4) is 0 Å². The molecular weight excluding hydrogens is 232 g/mol. The molecule has 0 unspecified atom stereocenters. The van der Waals surface area contributed by atoms with E-state index in [0.717, 1.165) is 25.7 Å². The molecule has 1 saturated heterocycles. The van der Waals surface area contributed by atoms with Crippen molar-refractivity contribution in [2.45, 2.75) is 44.6 Å². The van der Waals surface area contributed by atoms with Gasteiger partial charge in [-0.1, -0.05) is 19.3 Å². The Morgan fingerprint density at radius 1 is 1.17 bits per heavy atom. The summed E-state index contributed by atoms with van der Waals surface area (Å²) in [6.45, 7) is 1.30. The van der Waals surface area contributed by atoms with Gasteiger partial charge in [0.25, 0.3) is 0 Å². The largest absolute Gasteiger partial charge is 0.389 e. The molecule has 2 N–H and O–H groups in total. The van der Waals surface area contributed by atoms with E-state index in [2.05, 4.69) is 5.32 Å². The Morgan fingerprint density at radius 3 is 2.44 bits per heavy atom. The first-order valence-electron chi connectivity index (χ1n) is 6.90. The Balaban J connectivity index is 1.59. The van der Waals surface area contributed by atoms with Crippen LogP contribution in [0.25, 0.3) is 0 Å². The van der Waals surface area contributed by atoms with E-state index in [0.29, 0.717) is 26.1 Å². The molecule has 0 atom stereocenters. The van der Waals surface area contributed by atoms with Crippen molar-refractivity contribution in [1.82, 2.24) is 10.2 Å². The number of nitrogens with zero attached hydrogens (tertiary/aromatic N) is 1. The summed E-state index contributed by atoms with van der Waals surface area (Å²) in [5.41, 5.74) is 0. The third-order valence-electron chi connectivity index (χ3n) is 3.83. The lowest BCUT2D eigenvalue weighted by Crippen LogP contribution is -2.54. The van der Waals surface area contributed by atoms with Gasteiger partial charge in [-0.2, -0.15) is 0 Å². The number of likely N-dealkylation sites (tertiary alicyclic amines) is 1. The third-order valence-corrected chi connectivity index (χ3v) is 3.83. The summed E-state index contributed by atoms with van der Waals surface area (Å²) < 4.78 is 0. The van der Waals surface area contributed by atoms with Crippen LogP contribution in [0, 0.1) is 5.92 Å². The van der Waals surface area contributed by atoms with E-state index in [9.17, 15) is 9.59 Å². The van der Waals surface area contributed by atoms with E-state index in [-0.39, 0.29) is 23.8 Å². The van der Waals surface area contributed by atoms with Gasteiger partial charge in [-0.15, -0.1) is 0 Å². The molecule has 102 valence electrons. The predicted octanol–water partition coefficient (Wildman–Crippen LogP) is 0.276. The highest BCUT2D eigenvalue weighted by Gasteiger charge is 2.28. The standard InChI is InChI=1S/C13H22N2O3/c16-11-8-15(9-11)12(17)6-7-14-13(18)10-4-2-1-3-5-10/h10-11,16H,1-9H2,(H,14,18). The normalized spacial score (nSPS) is 21.5. The number of nitrogens with one attached hydrogen (secondary N) is 1. The molecule has 18 heavy (non-hydrogen) atoms. The molecule has 0 radical (unpaired) electrons. The highest BCUT2D eigenvalue weighted by atomic mass is 16.3. The minimum atomic E-state index is -0.356. The van der Waals surface area contributed by atoms with Crippen LogP contribution in [0.3, 0.4) is 0 Å². The van der Waals surface area contributed by atoms with Gasteiger partial charge in [0.2, 0.25) is 11.8 Å². The Morgan fingerprint density at radius 2 is 1.83 bits per heavy atom. The van der Waals surface area contributed by atoms with Crippen molar-refractivity contribution in [2.75, 3.05) is 19.6 Å². The average molecular weight is 254 g/mol. The topological polar surface area (TPSA) is 69.6 Å². The molecule has 2 fully saturated rings. The molecule has 1 heterocycles. The van der Waals surface area contributed by atoms with Gasteiger partial charge < -0.3 is 15.3 Å². The number of rotatable bonds is 4. The molecule has 1 aliphatic heterocycles. The average Bonchev–Trinajstić information content (AvgIpc) is 2.35. The van der Waals surface area contributed by atoms with Crippen molar-refractivity contribution in [2.24, 2.45) is 5.92 Å². The van der Waals surface area contributed by atoms with Gasteiger partial charge in [0.1, 0.15) is 0 Å². The fourth-order valence-corrected chi connectivity index (χ4v) is 2.62. The second-order valence-corrected chi connectivity index (χ2v) is 5.33. The van der Waals surface area contributed by atoms with Gasteiger partial charge in [0.05, 0.1) is 6.10 Å².